The Morgan fingerprint density at radius 1 is 1.43 bits per heavy atom. The number of rotatable bonds is 2. The zero-order chi connectivity index (χ0) is 15.0. The lowest BCUT2D eigenvalue weighted by atomic mass is 9.94. The molecule has 112 valence electrons. The highest BCUT2D eigenvalue weighted by Gasteiger charge is 2.28. The number of piperidine rings is 1. The maximum Gasteiger partial charge on any atom is 0.0765 e. The molecule has 1 saturated heterocycles. The van der Waals surface area contributed by atoms with E-state index in [1.165, 1.54) is 0 Å². The highest BCUT2D eigenvalue weighted by molar-refractivity contribution is 6.31. The van der Waals surface area contributed by atoms with Gasteiger partial charge in [0, 0.05) is 47.9 Å². The standard InChI is InChI=1S/C16H19ClN2O2/c1-10-6-12(17)7-13-14(2-4-18-16(10)13)19-5-3-11(9-20)15(21)8-19/h2,4,6-7,11,15,20-21H,3,5,8-9H2,1H3/t11-,15+/m1/s1. The minimum Gasteiger partial charge on any atom is -0.396 e. The summed E-state index contributed by atoms with van der Waals surface area (Å²) in [7, 11) is 0. The minimum atomic E-state index is -0.507. The number of β-amino-alcohol motifs (C(OH)–C–C–N with tert-alkyl or cyclic N) is 1. The van der Waals surface area contributed by atoms with E-state index in [0.29, 0.717) is 11.6 Å². The van der Waals surface area contributed by atoms with Gasteiger partial charge in [0.05, 0.1) is 11.6 Å². The summed E-state index contributed by atoms with van der Waals surface area (Å²) in [6, 6.07) is 5.80. The highest BCUT2D eigenvalue weighted by atomic mass is 35.5. The summed E-state index contributed by atoms with van der Waals surface area (Å²) < 4.78 is 0. The lowest BCUT2D eigenvalue weighted by Crippen LogP contribution is -2.45. The highest BCUT2D eigenvalue weighted by Crippen LogP contribution is 2.32. The van der Waals surface area contributed by atoms with Crippen LogP contribution in [0.1, 0.15) is 12.0 Å². The maximum absolute atomic E-state index is 10.1. The van der Waals surface area contributed by atoms with Crippen LogP contribution < -0.4 is 4.90 Å². The van der Waals surface area contributed by atoms with E-state index in [2.05, 4.69) is 9.88 Å². The van der Waals surface area contributed by atoms with Crippen molar-refractivity contribution >= 4 is 28.2 Å². The molecule has 1 aromatic heterocycles. The van der Waals surface area contributed by atoms with Crippen LogP contribution in [0.15, 0.2) is 24.4 Å². The number of benzene rings is 1. The number of aliphatic hydroxyl groups excluding tert-OH is 2. The smallest absolute Gasteiger partial charge is 0.0765 e. The van der Waals surface area contributed by atoms with Gasteiger partial charge in [0.1, 0.15) is 0 Å². The first-order chi connectivity index (χ1) is 10.1. The fraction of sp³-hybridized carbons (Fsp3) is 0.438. The van der Waals surface area contributed by atoms with Gasteiger partial charge < -0.3 is 15.1 Å². The molecule has 21 heavy (non-hydrogen) atoms. The average Bonchev–Trinajstić information content (AvgIpc) is 2.46. The minimum absolute atomic E-state index is 0.0281. The first-order valence-corrected chi connectivity index (χ1v) is 7.56. The van der Waals surface area contributed by atoms with E-state index in [9.17, 15) is 10.2 Å². The number of hydrogen-bond donors (Lipinski definition) is 2. The molecular formula is C16H19ClN2O2. The van der Waals surface area contributed by atoms with Crippen LogP contribution in [-0.4, -0.2) is 41.0 Å². The van der Waals surface area contributed by atoms with Crippen LogP contribution in [0.5, 0.6) is 0 Å². The number of nitrogens with zero attached hydrogens (tertiary/aromatic N) is 2. The van der Waals surface area contributed by atoms with Gasteiger partial charge >= 0.3 is 0 Å². The van der Waals surface area contributed by atoms with Gasteiger partial charge in [0.25, 0.3) is 0 Å². The van der Waals surface area contributed by atoms with Crippen LogP contribution in [0.3, 0.4) is 0 Å². The van der Waals surface area contributed by atoms with Gasteiger partial charge in [0.2, 0.25) is 0 Å². The fourth-order valence-corrected chi connectivity index (χ4v) is 3.33. The predicted molar refractivity (Wildman–Crippen MR) is 84.9 cm³/mol. The molecule has 0 aliphatic carbocycles. The molecule has 2 atom stereocenters. The predicted octanol–water partition coefficient (Wildman–Crippen LogP) is 2.38. The summed E-state index contributed by atoms with van der Waals surface area (Å²) in [6.07, 6.45) is 2.07. The zero-order valence-electron chi connectivity index (χ0n) is 12.0. The Morgan fingerprint density at radius 3 is 2.95 bits per heavy atom. The van der Waals surface area contributed by atoms with E-state index in [-0.39, 0.29) is 12.5 Å². The molecule has 0 unspecified atom stereocenters. The topological polar surface area (TPSA) is 56.6 Å². The first-order valence-electron chi connectivity index (χ1n) is 7.19. The number of aromatic nitrogens is 1. The van der Waals surface area contributed by atoms with Crippen molar-refractivity contribution in [3.63, 3.8) is 0 Å². The van der Waals surface area contributed by atoms with Crippen molar-refractivity contribution in [1.82, 2.24) is 4.98 Å². The van der Waals surface area contributed by atoms with Crippen LogP contribution in [0.4, 0.5) is 5.69 Å². The van der Waals surface area contributed by atoms with Gasteiger partial charge in [-0.2, -0.15) is 0 Å². The van der Waals surface area contributed by atoms with E-state index in [0.717, 1.165) is 35.1 Å². The Morgan fingerprint density at radius 2 is 2.24 bits per heavy atom. The Labute approximate surface area is 129 Å². The lowest BCUT2D eigenvalue weighted by molar-refractivity contribution is 0.0549. The van der Waals surface area contributed by atoms with Crippen LogP contribution in [0.25, 0.3) is 10.9 Å². The quantitative estimate of drug-likeness (QED) is 0.894. The van der Waals surface area contributed by atoms with E-state index in [1.54, 1.807) is 6.20 Å². The molecule has 3 rings (SSSR count). The Kier molecular flexibility index (Phi) is 4.02. The Hall–Kier alpha value is -1.36. The molecule has 1 aliphatic rings. The van der Waals surface area contributed by atoms with Gasteiger partial charge in [-0.1, -0.05) is 11.6 Å². The van der Waals surface area contributed by atoms with Crippen molar-refractivity contribution in [3.05, 3.63) is 35.0 Å². The van der Waals surface area contributed by atoms with E-state index in [1.807, 2.05) is 25.1 Å². The summed E-state index contributed by atoms with van der Waals surface area (Å²) in [4.78, 5) is 6.59. The molecule has 0 radical (unpaired) electrons. The molecule has 5 heteroatoms. The van der Waals surface area contributed by atoms with Gasteiger partial charge in [0.15, 0.2) is 0 Å². The van der Waals surface area contributed by atoms with E-state index < -0.39 is 6.10 Å². The van der Waals surface area contributed by atoms with Crippen LogP contribution in [0.2, 0.25) is 5.02 Å². The van der Waals surface area contributed by atoms with E-state index in [4.69, 9.17) is 11.6 Å². The first kappa shape index (κ1) is 14.6. The van der Waals surface area contributed by atoms with Crippen molar-refractivity contribution in [2.24, 2.45) is 5.92 Å². The number of anilines is 1. The largest absolute Gasteiger partial charge is 0.396 e. The molecule has 2 N–H and O–H groups in total. The van der Waals surface area contributed by atoms with Crippen LogP contribution in [0, 0.1) is 12.8 Å². The number of hydrogen-bond acceptors (Lipinski definition) is 4. The van der Waals surface area contributed by atoms with Crippen LogP contribution >= 0.6 is 11.6 Å². The molecule has 1 aliphatic heterocycles. The average molecular weight is 307 g/mol. The third-order valence-electron chi connectivity index (χ3n) is 4.27. The molecule has 0 amide bonds. The Balaban J connectivity index is 2.01. The van der Waals surface area contributed by atoms with Gasteiger partial charge in [-0.3, -0.25) is 4.98 Å². The number of fused-ring (bicyclic) bond motifs is 1. The number of halogens is 1. The van der Waals surface area contributed by atoms with Crippen molar-refractivity contribution in [1.29, 1.82) is 0 Å². The summed E-state index contributed by atoms with van der Waals surface area (Å²) in [5.74, 6) is -0.0281. The Bertz CT molecular complexity index is 662. The summed E-state index contributed by atoms with van der Waals surface area (Å²) in [5, 5.41) is 21.1. The summed E-state index contributed by atoms with van der Waals surface area (Å²) in [5.41, 5.74) is 3.03. The molecule has 2 aromatic rings. The third kappa shape index (κ3) is 2.71. The fourth-order valence-electron chi connectivity index (χ4n) is 3.06. The lowest BCUT2D eigenvalue weighted by Gasteiger charge is -2.37. The van der Waals surface area contributed by atoms with Gasteiger partial charge in [-0.05, 0) is 37.1 Å². The summed E-state index contributed by atoms with van der Waals surface area (Å²) >= 11 is 6.18. The van der Waals surface area contributed by atoms with Crippen molar-refractivity contribution < 1.29 is 10.2 Å². The second kappa shape index (κ2) is 5.79. The number of aliphatic hydroxyl groups is 2. The third-order valence-corrected chi connectivity index (χ3v) is 4.49. The summed E-state index contributed by atoms with van der Waals surface area (Å²) in [6.45, 7) is 3.37. The van der Waals surface area contributed by atoms with Gasteiger partial charge in [-0.15, -0.1) is 0 Å². The van der Waals surface area contributed by atoms with Crippen molar-refractivity contribution in [3.8, 4) is 0 Å². The number of aryl methyl sites for hydroxylation is 1. The number of pyridine rings is 1. The van der Waals surface area contributed by atoms with Gasteiger partial charge in [-0.25, -0.2) is 0 Å². The zero-order valence-corrected chi connectivity index (χ0v) is 12.7. The molecule has 0 bridgehead atoms. The molecule has 1 fully saturated rings. The molecule has 0 spiro atoms. The molecule has 4 nitrogen and oxygen atoms in total. The second-order valence-electron chi connectivity index (χ2n) is 5.69. The monoisotopic (exact) mass is 306 g/mol. The molecular weight excluding hydrogens is 288 g/mol. The maximum atomic E-state index is 10.1. The molecule has 2 heterocycles. The second-order valence-corrected chi connectivity index (χ2v) is 6.13. The van der Waals surface area contributed by atoms with Crippen molar-refractivity contribution in [2.45, 2.75) is 19.4 Å². The molecule has 0 saturated carbocycles. The SMILES string of the molecule is Cc1cc(Cl)cc2c(N3CC[C@H](CO)[C@@H](O)C3)ccnc12. The van der Waals surface area contributed by atoms with Crippen molar-refractivity contribution in [2.75, 3.05) is 24.6 Å². The van der Waals surface area contributed by atoms with Crippen LogP contribution in [-0.2, 0) is 0 Å². The molecule has 1 aromatic carbocycles. The van der Waals surface area contributed by atoms with E-state index >= 15 is 0 Å². The normalized spacial score (nSPS) is 22.8.